The van der Waals surface area contributed by atoms with E-state index in [4.69, 9.17) is 9.72 Å². The third-order valence-corrected chi connectivity index (χ3v) is 13.4. The fourth-order valence-electron chi connectivity index (χ4n) is 9.53. The number of aliphatic hydroxyl groups is 1. The maximum atomic E-state index is 13.9. The minimum atomic E-state index is -1.77. The van der Waals surface area contributed by atoms with Gasteiger partial charge in [0.2, 0.25) is 5.78 Å². The minimum absolute atomic E-state index is 0.00496. The first-order valence-electron chi connectivity index (χ1n) is 17.4. The molecular weight excluding hydrogens is 651 g/mol. The van der Waals surface area contributed by atoms with Crippen LogP contribution in [0.25, 0.3) is 21.8 Å². The Bertz CT molecular complexity index is 1950. The summed E-state index contributed by atoms with van der Waals surface area (Å²) in [4.78, 5) is 63.0. The van der Waals surface area contributed by atoms with Gasteiger partial charge in [-0.3, -0.25) is 19.2 Å². The van der Waals surface area contributed by atoms with E-state index in [-0.39, 0.29) is 47.9 Å². The number of rotatable bonds is 8. The van der Waals surface area contributed by atoms with Crippen LogP contribution in [0.3, 0.4) is 0 Å². The van der Waals surface area contributed by atoms with Crippen LogP contribution in [0.2, 0.25) is 0 Å². The normalized spacial score (nSPS) is 30.1. The summed E-state index contributed by atoms with van der Waals surface area (Å²) in [6.45, 7) is 3.36. The smallest absolute Gasteiger partial charge is 0.316 e. The molecule has 262 valence electrons. The van der Waals surface area contributed by atoms with Crippen LogP contribution >= 0.6 is 11.8 Å². The molecule has 9 nitrogen and oxygen atoms in total. The van der Waals surface area contributed by atoms with Gasteiger partial charge in [0.05, 0.1) is 16.8 Å². The fraction of sp³-hybridized carbons (Fsp3) is 0.475. The number of ether oxygens (including phenoxy) is 1. The van der Waals surface area contributed by atoms with Crippen molar-refractivity contribution in [2.75, 3.05) is 50.4 Å². The van der Waals surface area contributed by atoms with Gasteiger partial charge in [0, 0.05) is 78.4 Å². The van der Waals surface area contributed by atoms with E-state index in [1.807, 2.05) is 94.3 Å². The number of benzene rings is 2. The molecule has 3 saturated carbocycles. The molecule has 4 aliphatic carbocycles. The van der Waals surface area contributed by atoms with Crippen LogP contribution in [0, 0.1) is 28.6 Å². The average Bonchev–Trinajstić information content (AvgIpc) is 3.35. The monoisotopic (exact) mass is 695 g/mol. The number of fused-ring (bicyclic) bond motifs is 7. The third kappa shape index (κ3) is 5.37. The highest BCUT2D eigenvalue weighted by molar-refractivity contribution is 8.00. The number of Topliss-reactive ketones (excluding diaryl/α,β-unsaturated/α-hetero) is 2. The van der Waals surface area contributed by atoms with E-state index in [0.29, 0.717) is 12.8 Å². The first-order chi connectivity index (χ1) is 23.7. The van der Waals surface area contributed by atoms with E-state index in [9.17, 15) is 24.3 Å². The molecule has 50 heavy (non-hydrogen) atoms. The van der Waals surface area contributed by atoms with Crippen LogP contribution in [-0.4, -0.2) is 79.6 Å². The molecule has 0 aliphatic heterocycles. The van der Waals surface area contributed by atoms with Crippen molar-refractivity contribution in [1.82, 2.24) is 4.98 Å². The number of carbonyl (C=O) groups excluding carboxylic acids is 4. The number of anilines is 2. The van der Waals surface area contributed by atoms with Crippen molar-refractivity contribution in [2.24, 2.45) is 28.6 Å². The van der Waals surface area contributed by atoms with Gasteiger partial charge in [-0.05, 0) is 86.1 Å². The Kier molecular flexibility index (Phi) is 8.49. The van der Waals surface area contributed by atoms with E-state index in [1.54, 1.807) is 12.2 Å². The van der Waals surface area contributed by atoms with Gasteiger partial charge in [0.1, 0.15) is 11.4 Å². The minimum Gasteiger partial charge on any atom is -0.457 e. The average molecular weight is 696 g/mol. The van der Waals surface area contributed by atoms with Gasteiger partial charge in [0.25, 0.3) is 0 Å². The molecule has 6 atom stereocenters. The molecule has 7 rings (SSSR count). The van der Waals surface area contributed by atoms with Crippen molar-refractivity contribution >= 4 is 68.3 Å². The number of nitrogens with zero attached hydrogens (tertiary/aromatic N) is 3. The van der Waals surface area contributed by atoms with Gasteiger partial charge in [-0.1, -0.05) is 25.5 Å². The molecule has 1 heterocycles. The summed E-state index contributed by atoms with van der Waals surface area (Å²) in [5.41, 5.74) is 1.40. The molecule has 2 aromatic carbocycles. The number of allylic oxidation sites excluding steroid dienone is 4. The second-order valence-electron chi connectivity index (χ2n) is 15.4. The Labute approximate surface area is 297 Å². The molecule has 0 radical (unpaired) electrons. The summed E-state index contributed by atoms with van der Waals surface area (Å²) >= 11 is 1.35. The molecule has 0 amide bonds. The Morgan fingerprint density at radius 3 is 2.24 bits per heavy atom. The van der Waals surface area contributed by atoms with Crippen LogP contribution in [0.15, 0.2) is 65.1 Å². The topological polar surface area (TPSA) is 117 Å². The number of aromatic nitrogens is 1. The summed E-state index contributed by atoms with van der Waals surface area (Å²) in [7, 11) is 7.91. The number of carbonyl (C=O) groups is 4. The molecule has 1 N–H and O–H groups in total. The van der Waals surface area contributed by atoms with Gasteiger partial charge in [-0.2, -0.15) is 0 Å². The lowest BCUT2D eigenvalue weighted by Gasteiger charge is -2.56. The van der Waals surface area contributed by atoms with Crippen LogP contribution in [0.1, 0.15) is 46.0 Å². The Morgan fingerprint density at radius 2 is 1.62 bits per heavy atom. The first kappa shape index (κ1) is 34.4. The second-order valence-corrected chi connectivity index (χ2v) is 16.4. The third-order valence-electron chi connectivity index (χ3n) is 12.3. The number of esters is 1. The predicted octanol–water partition coefficient (Wildman–Crippen LogP) is 5.94. The van der Waals surface area contributed by atoms with Crippen LogP contribution in [-0.2, 0) is 23.9 Å². The second kappa shape index (κ2) is 12.3. The number of ketones is 3. The van der Waals surface area contributed by atoms with Crippen molar-refractivity contribution < 1.29 is 29.0 Å². The van der Waals surface area contributed by atoms with Gasteiger partial charge >= 0.3 is 5.97 Å². The van der Waals surface area contributed by atoms with E-state index in [0.717, 1.165) is 50.1 Å². The zero-order valence-electron chi connectivity index (χ0n) is 29.6. The first-order valence-corrected chi connectivity index (χ1v) is 18.4. The molecule has 4 aliphatic rings. The molecule has 10 heteroatoms. The number of hydrogen-bond acceptors (Lipinski definition) is 10. The Balaban J connectivity index is 1.07. The van der Waals surface area contributed by atoms with Crippen molar-refractivity contribution in [2.45, 2.75) is 56.4 Å². The van der Waals surface area contributed by atoms with Gasteiger partial charge in [-0.15, -0.1) is 11.8 Å². The van der Waals surface area contributed by atoms with E-state index in [1.165, 1.54) is 11.8 Å². The van der Waals surface area contributed by atoms with Crippen molar-refractivity contribution in [3.05, 3.63) is 60.2 Å². The molecule has 0 saturated heterocycles. The lowest BCUT2D eigenvalue weighted by atomic mass is 9.46. The molecule has 1 aromatic heterocycles. The van der Waals surface area contributed by atoms with Crippen LogP contribution < -0.4 is 9.80 Å². The van der Waals surface area contributed by atoms with Crippen LogP contribution in [0.5, 0.6) is 0 Å². The largest absolute Gasteiger partial charge is 0.457 e. The highest BCUT2D eigenvalue weighted by Gasteiger charge is 2.68. The van der Waals surface area contributed by atoms with Gasteiger partial charge in [-0.25, -0.2) is 4.98 Å². The van der Waals surface area contributed by atoms with Gasteiger partial charge in [0.15, 0.2) is 12.4 Å². The lowest BCUT2D eigenvalue weighted by Crippen LogP contribution is -2.60. The number of hydrogen-bond donors (Lipinski definition) is 1. The summed E-state index contributed by atoms with van der Waals surface area (Å²) in [6.07, 6.45) is 7.50. The molecule has 0 bridgehead atoms. The van der Waals surface area contributed by atoms with Crippen molar-refractivity contribution in [3.8, 4) is 0 Å². The van der Waals surface area contributed by atoms with E-state index < -0.39 is 34.8 Å². The molecular formula is C40H45N3O6S. The quantitative estimate of drug-likeness (QED) is 0.172. The van der Waals surface area contributed by atoms with E-state index in [2.05, 4.69) is 0 Å². The number of thioether (sulfide) groups is 1. The van der Waals surface area contributed by atoms with E-state index >= 15 is 0 Å². The van der Waals surface area contributed by atoms with Crippen molar-refractivity contribution in [1.29, 1.82) is 0 Å². The van der Waals surface area contributed by atoms with Crippen molar-refractivity contribution in [3.63, 3.8) is 0 Å². The standard InChI is InChI=1S/C40H45N3O6S/c1-38-15-13-26(44)17-23(38)7-10-27-30-14-16-40(48,39(30,2)20-33(45)36(27)38)34(46)21-49-35(47)22-50-37-28-11-8-24(42(3)4)18-31(28)41-32-19-25(43(5)6)9-12-29(32)37/h8-9,11-13,15,17-19,27,30,36,48H,7,10,14,16,20-22H2,1-6H3. The zero-order chi connectivity index (χ0) is 35.7. The maximum absolute atomic E-state index is 13.9. The predicted molar refractivity (Wildman–Crippen MR) is 197 cm³/mol. The summed E-state index contributed by atoms with van der Waals surface area (Å²) < 4.78 is 5.55. The zero-order valence-corrected chi connectivity index (χ0v) is 30.4. The molecule has 0 spiro atoms. The maximum Gasteiger partial charge on any atom is 0.316 e. The highest BCUT2D eigenvalue weighted by Crippen LogP contribution is 2.66. The van der Waals surface area contributed by atoms with Crippen LogP contribution in [0.4, 0.5) is 11.4 Å². The molecule has 3 aromatic rings. The fourth-order valence-corrected chi connectivity index (χ4v) is 10.5. The summed E-state index contributed by atoms with van der Waals surface area (Å²) in [6, 6.07) is 12.1. The Hall–Kier alpha value is -4.02. The highest BCUT2D eigenvalue weighted by atomic mass is 32.2. The summed E-state index contributed by atoms with van der Waals surface area (Å²) in [5.74, 6) is -1.49. The molecule has 6 unspecified atom stereocenters. The molecule has 3 fully saturated rings. The summed E-state index contributed by atoms with van der Waals surface area (Å²) in [5, 5.41) is 13.9. The number of pyridine rings is 1. The SMILES string of the molecule is CN(C)c1ccc2c(SCC(=O)OCC(=O)C3(O)CCC4C5CCC6=CC(=O)C=CC6(C)C5C(=O)CC43C)c3ccc(N(C)C)cc3nc2c1. The Morgan fingerprint density at radius 1 is 0.980 bits per heavy atom. The van der Waals surface area contributed by atoms with Gasteiger partial charge < -0.3 is 19.6 Å². The lowest BCUT2D eigenvalue weighted by molar-refractivity contribution is -0.172.